The quantitative estimate of drug-likeness (QED) is 0.731. The first-order valence-corrected chi connectivity index (χ1v) is 6.53. The number of nitrogens with one attached hydrogen (secondary N) is 2. The number of aliphatic hydroxyl groups excluding tert-OH is 1. The molecule has 1 atom stereocenters. The fourth-order valence-corrected chi connectivity index (χ4v) is 1.60. The van der Waals surface area contributed by atoms with Crippen molar-refractivity contribution in [1.29, 1.82) is 0 Å². The summed E-state index contributed by atoms with van der Waals surface area (Å²) >= 11 is 0. The van der Waals surface area contributed by atoms with Crippen LogP contribution in [-0.4, -0.2) is 23.8 Å². The van der Waals surface area contributed by atoms with Gasteiger partial charge in [0.25, 0.3) is 0 Å². The van der Waals surface area contributed by atoms with Crippen LogP contribution in [0.3, 0.4) is 0 Å². The first-order chi connectivity index (χ1) is 9.85. The van der Waals surface area contributed by atoms with E-state index in [1.165, 1.54) is 0 Å². The molecule has 6 heteroatoms. The summed E-state index contributed by atoms with van der Waals surface area (Å²) in [6, 6.07) is 1.17. The lowest BCUT2D eigenvalue weighted by Crippen LogP contribution is -2.32. The van der Waals surface area contributed by atoms with Crippen molar-refractivity contribution in [3.05, 3.63) is 29.3 Å². The first kappa shape index (κ1) is 16.9. The summed E-state index contributed by atoms with van der Waals surface area (Å²) in [6.07, 6.45) is 4.86. The Morgan fingerprint density at radius 2 is 1.95 bits per heavy atom. The van der Waals surface area contributed by atoms with E-state index in [0.717, 1.165) is 12.1 Å². The predicted octanol–water partition coefficient (Wildman–Crippen LogP) is 2.47. The van der Waals surface area contributed by atoms with Gasteiger partial charge in [-0.05, 0) is 24.5 Å². The van der Waals surface area contributed by atoms with Crippen LogP contribution in [0.15, 0.2) is 12.1 Å². The van der Waals surface area contributed by atoms with Crippen LogP contribution < -0.4 is 10.6 Å². The Morgan fingerprint density at radius 3 is 2.43 bits per heavy atom. The fraction of sp³-hybridized carbons (Fsp3) is 0.400. The minimum Gasteiger partial charge on any atom is -0.393 e. The predicted molar refractivity (Wildman–Crippen MR) is 76.8 cm³/mol. The fourth-order valence-electron chi connectivity index (χ4n) is 1.60. The van der Waals surface area contributed by atoms with Crippen LogP contribution in [0, 0.1) is 29.9 Å². The second-order valence-electron chi connectivity index (χ2n) is 4.94. The smallest absolute Gasteiger partial charge is 0.319 e. The molecule has 2 amide bonds. The lowest BCUT2D eigenvalue weighted by Gasteiger charge is -2.15. The minimum atomic E-state index is -0.944. The van der Waals surface area contributed by atoms with Gasteiger partial charge in [-0.3, -0.25) is 0 Å². The molecule has 0 saturated carbocycles. The molecule has 0 fully saturated rings. The van der Waals surface area contributed by atoms with Crippen molar-refractivity contribution >= 4 is 11.7 Å². The summed E-state index contributed by atoms with van der Waals surface area (Å²) in [5, 5.41) is 14.1. The van der Waals surface area contributed by atoms with Gasteiger partial charge in [-0.25, -0.2) is 13.6 Å². The standard InChI is InChI=1S/C15H18F2N2O2/c1-4-10-7-11(16)14(12(17)8-10)19-15(21)18-6-5-13(20)9(2)3/h1,7-9,13,20H,5-6H2,2-3H3,(H2,18,19,21). The van der Waals surface area contributed by atoms with Gasteiger partial charge in [0, 0.05) is 12.1 Å². The number of benzene rings is 1. The highest BCUT2D eigenvalue weighted by molar-refractivity contribution is 5.89. The number of halogens is 2. The van der Waals surface area contributed by atoms with E-state index < -0.39 is 29.5 Å². The SMILES string of the molecule is C#Cc1cc(F)c(NC(=O)NCCC(O)C(C)C)c(F)c1. The zero-order valence-corrected chi connectivity index (χ0v) is 11.9. The van der Waals surface area contributed by atoms with Crippen LogP contribution in [-0.2, 0) is 0 Å². The monoisotopic (exact) mass is 296 g/mol. The second kappa shape index (κ2) is 7.60. The summed E-state index contributed by atoms with van der Waals surface area (Å²) in [4.78, 5) is 11.5. The van der Waals surface area contributed by atoms with Gasteiger partial charge in [-0.1, -0.05) is 19.8 Å². The number of anilines is 1. The molecule has 3 N–H and O–H groups in total. The van der Waals surface area contributed by atoms with Gasteiger partial charge >= 0.3 is 6.03 Å². The molecule has 0 spiro atoms. The third-order valence-electron chi connectivity index (χ3n) is 2.94. The van der Waals surface area contributed by atoms with Gasteiger partial charge in [0.2, 0.25) is 0 Å². The van der Waals surface area contributed by atoms with E-state index >= 15 is 0 Å². The number of aliphatic hydroxyl groups is 1. The maximum Gasteiger partial charge on any atom is 0.319 e. The maximum atomic E-state index is 13.6. The Bertz CT molecular complexity index is 530. The Hall–Kier alpha value is -2.13. The minimum absolute atomic E-state index is 0.0519. The molecule has 0 aromatic heterocycles. The summed E-state index contributed by atoms with van der Waals surface area (Å²) in [6.45, 7) is 3.89. The van der Waals surface area contributed by atoms with Crippen LogP contribution in [0.25, 0.3) is 0 Å². The summed E-state index contributed by atoms with van der Waals surface area (Å²) in [5.74, 6) is 0.292. The molecule has 1 aromatic rings. The van der Waals surface area contributed by atoms with E-state index in [1.807, 2.05) is 13.8 Å². The molecule has 0 radical (unpaired) electrons. The van der Waals surface area contributed by atoms with Crippen molar-refractivity contribution < 1.29 is 18.7 Å². The molecule has 1 rings (SSSR count). The number of terminal acetylenes is 1. The van der Waals surface area contributed by atoms with Gasteiger partial charge in [-0.15, -0.1) is 6.42 Å². The zero-order valence-electron chi connectivity index (χ0n) is 11.9. The number of urea groups is 1. The Morgan fingerprint density at radius 1 is 1.38 bits per heavy atom. The van der Waals surface area contributed by atoms with Crippen molar-refractivity contribution in [2.24, 2.45) is 5.92 Å². The zero-order chi connectivity index (χ0) is 16.0. The molecule has 0 saturated heterocycles. The molecule has 0 heterocycles. The lowest BCUT2D eigenvalue weighted by molar-refractivity contribution is 0.117. The summed E-state index contributed by atoms with van der Waals surface area (Å²) in [7, 11) is 0. The van der Waals surface area contributed by atoms with Gasteiger partial charge in [0.1, 0.15) is 5.69 Å². The van der Waals surface area contributed by atoms with Crippen LogP contribution in [0.5, 0.6) is 0 Å². The van der Waals surface area contributed by atoms with Gasteiger partial charge in [0.15, 0.2) is 11.6 Å². The van der Waals surface area contributed by atoms with E-state index in [4.69, 9.17) is 6.42 Å². The van der Waals surface area contributed by atoms with Crippen LogP contribution in [0.2, 0.25) is 0 Å². The van der Waals surface area contributed by atoms with E-state index in [0.29, 0.717) is 6.42 Å². The molecule has 4 nitrogen and oxygen atoms in total. The third kappa shape index (κ3) is 5.04. The van der Waals surface area contributed by atoms with Gasteiger partial charge in [-0.2, -0.15) is 0 Å². The van der Waals surface area contributed by atoms with Crippen LogP contribution in [0.4, 0.5) is 19.3 Å². The number of hydrogen-bond acceptors (Lipinski definition) is 2. The third-order valence-corrected chi connectivity index (χ3v) is 2.94. The molecule has 1 unspecified atom stereocenters. The Labute approximate surface area is 122 Å². The van der Waals surface area contributed by atoms with Crippen molar-refractivity contribution in [2.45, 2.75) is 26.4 Å². The van der Waals surface area contributed by atoms with Crippen molar-refractivity contribution in [3.63, 3.8) is 0 Å². The van der Waals surface area contributed by atoms with Gasteiger partial charge < -0.3 is 15.7 Å². The molecular formula is C15H18F2N2O2. The van der Waals surface area contributed by atoms with Crippen LogP contribution in [0.1, 0.15) is 25.8 Å². The molecule has 21 heavy (non-hydrogen) atoms. The maximum absolute atomic E-state index is 13.6. The topological polar surface area (TPSA) is 61.4 Å². The lowest BCUT2D eigenvalue weighted by atomic mass is 10.0. The highest BCUT2D eigenvalue weighted by Gasteiger charge is 2.14. The number of carbonyl (C=O) groups excluding carboxylic acids is 1. The Balaban J connectivity index is 2.58. The first-order valence-electron chi connectivity index (χ1n) is 6.53. The molecule has 0 bridgehead atoms. The van der Waals surface area contributed by atoms with E-state index in [-0.39, 0.29) is 18.0 Å². The van der Waals surface area contributed by atoms with Crippen molar-refractivity contribution in [2.75, 3.05) is 11.9 Å². The highest BCUT2D eigenvalue weighted by atomic mass is 19.1. The molecule has 0 aliphatic carbocycles. The molecular weight excluding hydrogens is 278 g/mol. The molecule has 1 aromatic carbocycles. The van der Waals surface area contributed by atoms with Crippen molar-refractivity contribution in [1.82, 2.24) is 5.32 Å². The van der Waals surface area contributed by atoms with E-state index in [2.05, 4.69) is 16.6 Å². The second-order valence-corrected chi connectivity index (χ2v) is 4.94. The Kier molecular flexibility index (Phi) is 6.12. The number of hydrogen-bond donors (Lipinski definition) is 3. The average Bonchev–Trinajstić information content (AvgIpc) is 2.42. The number of rotatable bonds is 5. The number of amides is 2. The van der Waals surface area contributed by atoms with E-state index in [9.17, 15) is 18.7 Å². The average molecular weight is 296 g/mol. The molecule has 0 aliphatic rings. The van der Waals surface area contributed by atoms with Crippen LogP contribution >= 0.6 is 0 Å². The normalized spacial score (nSPS) is 11.9. The summed E-state index contributed by atoms with van der Waals surface area (Å²) < 4.78 is 27.2. The summed E-state index contributed by atoms with van der Waals surface area (Å²) in [5.41, 5.74) is -0.507. The largest absolute Gasteiger partial charge is 0.393 e. The van der Waals surface area contributed by atoms with Crippen molar-refractivity contribution in [3.8, 4) is 12.3 Å². The molecule has 114 valence electrons. The van der Waals surface area contributed by atoms with E-state index in [1.54, 1.807) is 0 Å². The van der Waals surface area contributed by atoms with Gasteiger partial charge in [0.05, 0.1) is 6.10 Å². The molecule has 0 aliphatic heterocycles. The highest BCUT2D eigenvalue weighted by Crippen LogP contribution is 2.20. The number of carbonyl (C=O) groups is 1.